The molecule has 5 heteroatoms. The molecule has 1 fully saturated rings. The summed E-state index contributed by atoms with van der Waals surface area (Å²) in [5.74, 6) is 0.111. The van der Waals surface area contributed by atoms with Crippen molar-refractivity contribution in [2.24, 2.45) is 0 Å². The van der Waals surface area contributed by atoms with E-state index in [4.69, 9.17) is 23.2 Å². The minimum Gasteiger partial charge on any atom is -0.375 e. The lowest BCUT2D eigenvalue weighted by Crippen LogP contribution is -2.33. The molecule has 18 heavy (non-hydrogen) atoms. The van der Waals surface area contributed by atoms with Crippen LogP contribution in [0.3, 0.4) is 0 Å². The standard InChI is InChI=1S/C13H16Cl2N2O/c1-9-6-11(15)12(7-10(9)14)16-8-13(18)17-4-2-3-5-17/h6-7,16H,2-5,8H2,1H3. The van der Waals surface area contributed by atoms with Crippen LogP contribution in [-0.4, -0.2) is 30.4 Å². The SMILES string of the molecule is Cc1cc(Cl)c(NCC(=O)N2CCCC2)cc1Cl. The number of rotatable bonds is 3. The highest BCUT2D eigenvalue weighted by atomic mass is 35.5. The number of likely N-dealkylation sites (tertiary alicyclic amines) is 1. The highest BCUT2D eigenvalue weighted by molar-refractivity contribution is 6.35. The van der Waals surface area contributed by atoms with Crippen molar-refractivity contribution in [2.45, 2.75) is 19.8 Å². The number of hydrogen-bond donors (Lipinski definition) is 1. The number of nitrogens with one attached hydrogen (secondary N) is 1. The Balaban J connectivity index is 1.97. The molecule has 1 heterocycles. The lowest BCUT2D eigenvalue weighted by atomic mass is 10.2. The van der Waals surface area contributed by atoms with Gasteiger partial charge < -0.3 is 10.2 Å². The maximum Gasteiger partial charge on any atom is 0.241 e. The van der Waals surface area contributed by atoms with Gasteiger partial charge in [-0.3, -0.25) is 4.79 Å². The Morgan fingerprint density at radius 3 is 2.61 bits per heavy atom. The molecule has 1 N–H and O–H groups in total. The molecule has 0 saturated carbocycles. The normalized spacial score (nSPS) is 14.9. The Labute approximate surface area is 117 Å². The number of amides is 1. The molecular formula is C13H16Cl2N2O. The van der Waals surface area contributed by atoms with Crippen LogP contribution in [0.2, 0.25) is 10.0 Å². The van der Waals surface area contributed by atoms with E-state index in [0.717, 1.165) is 31.5 Å². The van der Waals surface area contributed by atoms with E-state index in [1.54, 1.807) is 12.1 Å². The highest BCUT2D eigenvalue weighted by Gasteiger charge is 2.17. The van der Waals surface area contributed by atoms with Gasteiger partial charge in [-0.15, -0.1) is 0 Å². The topological polar surface area (TPSA) is 32.3 Å². The molecule has 0 aliphatic carbocycles. The first kappa shape index (κ1) is 13.5. The second kappa shape index (κ2) is 5.81. The molecule has 98 valence electrons. The van der Waals surface area contributed by atoms with Crippen molar-refractivity contribution in [1.29, 1.82) is 0 Å². The van der Waals surface area contributed by atoms with Crippen molar-refractivity contribution in [3.63, 3.8) is 0 Å². The molecule has 1 aromatic carbocycles. The second-order valence-electron chi connectivity index (χ2n) is 4.52. The van der Waals surface area contributed by atoms with Crippen LogP contribution in [0.5, 0.6) is 0 Å². The summed E-state index contributed by atoms with van der Waals surface area (Å²) in [5, 5.41) is 4.29. The maximum absolute atomic E-state index is 11.9. The van der Waals surface area contributed by atoms with Crippen molar-refractivity contribution >= 4 is 34.8 Å². The van der Waals surface area contributed by atoms with Crippen molar-refractivity contribution in [3.8, 4) is 0 Å². The molecule has 0 unspecified atom stereocenters. The molecule has 1 aliphatic heterocycles. The Bertz CT molecular complexity index is 457. The highest BCUT2D eigenvalue weighted by Crippen LogP contribution is 2.28. The van der Waals surface area contributed by atoms with Crippen LogP contribution >= 0.6 is 23.2 Å². The monoisotopic (exact) mass is 286 g/mol. The Morgan fingerprint density at radius 1 is 1.28 bits per heavy atom. The van der Waals surface area contributed by atoms with Crippen LogP contribution in [-0.2, 0) is 4.79 Å². The molecule has 0 radical (unpaired) electrons. The molecule has 3 nitrogen and oxygen atoms in total. The van der Waals surface area contributed by atoms with Crippen molar-refractivity contribution in [2.75, 3.05) is 25.0 Å². The number of aryl methyl sites for hydroxylation is 1. The lowest BCUT2D eigenvalue weighted by Gasteiger charge is -2.16. The third kappa shape index (κ3) is 3.09. The van der Waals surface area contributed by atoms with Gasteiger partial charge in [0.25, 0.3) is 0 Å². The summed E-state index contributed by atoms with van der Waals surface area (Å²) in [7, 11) is 0. The first-order valence-corrected chi connectivity index (χ1v) is 6.81. The number of nitrogens with zero attached hydrogens (tertiary/aromatic N) is 1. The van der Waals surface area contributed by atoms with Gasteiger partial charge in [0.2, 0.25) is 5.91 Å². The molecule has 0 atom stereocenters. The number of halogens is 2. The summed E-state index contributed by atoms with van der Waals surface area (Å²) in [6.45, 7) is 3.89. The minimum atomic E-state index is 0.111. The fourth-order valence-electron chi connectivity index (χ4n) is 2.03. The Hall–Kier alpha value is -0.930. The van der Waals surface area contributed by atoms with Gasteiger partial charge in [0.1, 0.15) is 0 Å². The molecule has 2 rings (SSSR count). The Kier molecular flexibility index (Phi) is 4.36. The molecule has 0 bridgehead atoms. The zero-order valence-corrected chi connectivity index (χ0v) is 11.8. The zero-order chi connectivity index (χ0) is 13.1. The first-order chi connectivity index (χ1) is 8.58. The van der Waals surface area contributed by atoms with Gasteiger partial charge in [-0.25, -0.2) is 0 Å². The van der Waals surface area contributed by atoms with Crippen LogP contribution in [0.15, 0.2) is 12.1 Å². The van der Waals surface area contributed by atoms with Gasteiger partial charge >= 0.3 is 0 Å². The summed E-state index contributed by atoms with van der Waals surface area (Å²) in [6, 6.07) is 3.56. The van der Waals surface area contributed by atoms with Crippen LogP contribution in [0.4, 0.5) is 5.69 Å². The fraction of sp³-hybridized carbons (Fsp3) is 0.462. The lowest BCUT2D eigenvalue weighted by molar-refractivity contribution is -0.128. The quantitative estimate of drug-likeness (QED) is 0.924. The van der Waals surface area contributed by atoms with Gasteiger partial charge in [-0.2, -0.15) is 0 Å². The van der Waals surface area contributed by atoms with Crippen LogP contribution in [0, 0.1) is 6.92 Å². The van der Waals surface area contributed by atoms with Gasteiger partial charge in [-0.1, -0.05) is 23.2 Å². The smallest absolute Gasteiger partial charge is 0.241 e. The van der Waals surface area contributed by atoms with Crippen molar-refractivity contribution in [1.82, 2.24) is 4.90 Å². The summed E-state index contributed by atoms with van der Waals surface area (Å²) in [6.07, 6.45) is 2.20. The van der Waals surface area contributed by atoms with E-state index in [1.165, 1.54) is 0 Å². The van der Waals surface area contributed by atoms with E-state index >= 15 is 0 Å². The Morgan fingerprint density at radius 2 is 1.94 bits per heavy atom. The molecular weight excluding hydrogens is 271 g/mol. The average molecular weight is 287 g/mol. The molecule has 1 aliphatic rings. The number of carbonyl (C=O) groups is 1. The molecule has 1 amide bonds. The van der Waals surface area contributed by atoms with E-state index in [2.05, 4.69) is 5.32 Å². The fourth-order valence-corrected chi connectivity index (χ4v) is 2.48. The predicted molar refractivity (Wildman–Crippen MR) is 75.5 cm³/mol. The predicted octanol–water partition coefficient (Wildman–Crippen LogP) is 3.34. The van der Waals surface area contributed by atoms with Gasteiger partial charge in [-0.05, 0) is 37.5 Å². The summed E-state index contributed by atoms with van der Waals surface area (Å²) in [5.41, 5.74) is 1.64. The average Bonchev–Trinajstić information content (AvgIpc) is 2.85. The maximum atomic E-state index is 11.9. The van der Waals surface area contributed by atoms with Gasteiger partial charge in [0.15, 0.2) is 0 Å². The van der Waals surface area contributed by atoms with Crippen LogP contribution < -0.4 is 5.32 Å². The second-order valence-corrected chi connectivity index (χ2v) is 5.34. The first-order valence-electron chi connectivity index (χ1n) is 6.05. The van der Waals surface area contributed by atoms with Crippen molar-refractivity contribution < 1.29 is 4.79 Å². The van der Waals surface area contributed by atoms with E-state index in [0.29, 0.717) is 15.7 Å². The van der Waals surface area contributed by atoms with Gasteiger partial charge in [0, 0.05) is 18.1 Å². The van der Waals surface area contributed by atoms with Gasteiger partial charge in [0.05, 0.1) is 17.3 Å². The van der Waals surface area contributed by atoms with E-state index in [9.17, 15) is 4.79 Å². The molecule has 1 saturated heterocycles. The molecule has 1 aromatic rings. The summed E-state index contributed by atoms with van der Waals surface area (Å²) in [4.78, 5) is 13.7. The third-order valence-corrected chi connectivity index (χ3v) is 3.86. The summed E-state index contributed by atoms with van der Waals surface area (Å²) >= 11 is 12.1. The minimum absolute atomic E-state index is 0.111. The zero-order valence-electron chi connectivity index (χ0n) is 10.3. The van der Waals surface area contributed by atoms with Crippen LogP contribution in [0.1, 0.15) is 18.4 Å². The number of hydrogen-bond acceptors (Lipinski definition) is 2. The number of anilines is 1. The van der Waals surface area contributed by atoms with Crippen molar-refractivity contribution in [3.05, 3.63) is 27.7 Å². The molecule has 0 aromatic heterocycles. The van der Waals surface area contributed by atoms with Crippen LogP contribution in [0.25, 0.3) is 0 Å². The molecule has 0 spiro atoms. The number of benzene rings is 1. The third-order valence-electron chi connectivity index (χ3n) is 3.14. The number of carbonyl (C=O) groups excluding carboxylic acids is 1. The van der Waals surface area contributed by atoms with E-state index in [-0.39, 0.29) is 12.5 Å². The van der Waals surface area contributed by atoms with E-state index in [1.807, 2.05) is 11.8 Å². The largest absolute Gasteiger partial charge is 0.375 e. The summed E-state index contributed by atoms with van der Waals surface area (Å²) < 4.78 is 0. The van der Waals surface area contributed by atoms with E-state index < -0.39 is 0 Å².